The van der Waals surface area contributed by atoms with E-state index in [0.29, 0.717) is 12.0 Å². The monoisotopic (exact) mass is 229 g/mol. The van der Waals surface area contributed by atoms with Gasteiger partial charge in [0.15, 0.2) is 0 Å². The fraction of sp³-hybridized carbons (Fsp3) is 0.500. The zero-order chi connectivity index (χ0) is 11.4. The number of hydrogen-bond acceptors (Lipinski definition) is 1. The second kappa shape index (κ2) is 5.36. The summed E-state index contributed by atoms with van der Waals surface area (Å²) in [4.78, 5) is 0. The van der Waals surface area contributed by atoms with Crippen molar-refractivity contribution < 1.29 is 4.39 Å². The summed E-state index contributed by atoms with van der Waals surface area (Å²) in [6, 6.07) is 5.13. The molecule has 15 heavy (non-hydrogen) atoms. The number of hydrogen-bond donors (Lipinski definition) is 1. The summed E-state index contributed by atoms with van der Waals surface area (Å²) in [5, 5.41) is 3.41. The lowest BCUT2D eigenvalue weighted by Gasteiger charge is -2.17. The summed E-state index contributed by atoms with van der Waals surface area (Å²) in [5.74, 6) is 0.253. The van der Waals surface area contributed by atoms with Crippen LogP contribution in [0.2, 0.25) is 5.02 Å². The quantitative estimate of drug-likeness (QED) is 0.811. The van der Waals surface area contributed by atoms with Crippen LogP contribution in [0.1, 0.15) is 27.2 Å². The van der Waals surface area contributed by atoms with Gasteiger partial charge in [-0.05, 0) is 37.5 Å². The van der Waals surface area contributed by atoms with Crippen molar-refractivity contribution in [1.82, 2.24) is 0 Å². The largest absolute Gasteiger partial charge is 0.382 e. The molecule has 0 saturated heterocycles. The van der Waals surface area contributed by atoms with Gasteiger partial charge >= 0.3 is 0 Å². The van der Waals surface area contributed by atoms with Gasteiger partial charge in [0, 0.05) is 11.7 Å². The summed E-state index contributed by atoms with van der Waals surface area (Å²) < 4.78 is 13.1. The molecule has 0 aliphatic heterocycles. The van der Waals surface area contributed by atoms with Crippen molar-refractivity contribution in [3.63, 3.8) is 0 Å². The standard InChI is InChI=1S/C12H17ClFN/c1-8(2)6-9(3)15-10-4-5-11(13)12(14)7-10/h4-5,7-9,15H,6H2,1-3H3. The molecule has 0 spiro atoms. The maximum atomic E-state index is 13.1. The lowest BCUT2D eigenvalue weighted by atomic mass is 10.1. The Morgan fingerprint density at radius 2 is 2.00 bits per heavy atom. The van der Waals surface area contributed by atoms with Gasteiger partial charge in [-0.2, -0.15) is 0 Å². The number of halogens is 2. The van der Waals surface area contributed by atoms with E-state index in [2.05, 4.69) is 26.1 Å². The van der Waals surface area contributed by atoms with Crippen molar-refractivity contribution in [2.24, 2.45) is 5.92 Å². The first kappa shape index (κ1) is 12.3. The molecule has 1 atom stereocenters. The van der Waals surface area contributed by atoms with Gasteiger partial charge in [0.05, 0.1) is 5.02 Å². The fourth-order valence-corrected chi connectivity index (χ4v) is 1.75. The van der Waals surface area contributed by atoms with Crippen molar-refractivity contribution in [2.45, 2.75) is 33.2 Å². The van der Waals surface area contributed by atoms with Crippen molar-refractivity contribution in [3.05, 3.63) is 29.0 Å². The molecule has 1 aromatic carbocycles. The number of benzene rings is 1. The van der Waals surface area contributed by atoms with Crippen LogP contribution in [-0.2, 0) is 0 Å². The van der Waals surface area contributed by atoms with Crippen molar-refractivity contribution >= 4 is 17.3 Å². The first-order valence-electron chi connectivity index (χ1n) is 5.20. The molecule has 1 aromatic rings. The molecule has 0 saturated carbocycles. The third-order valence-electron chi connectivity index (χ3n) is 2.16. The first-order valence-corrected chi connectivity index (χ1v) is 5.58. The lowest BCUT2D eigenvalue weighted by Crippen LogP contribution is -2.17. The fourth-order valence-electron chi connectivity index (χ4n) is 1.64. The molecule has 1 nitrogen and oxygen atoms in total. The maximum absolute atomic E-state index is 13.1. The summed E-state index contributed by atoms with van der Waals surface area (Å²) in [7, 11) is 0. The second-order valence-electron chi connectivity index (χ2n) is 4.30. The Morgan fingerprint density at radius 3 is 2.53 bits per heavy atom. The van der Waals surface area contributed by atoms with Crippen molar-refractivity contribution in [2.75, 3.05) is 5.32 Å². The van der Waals surface area contributed by atoms with E-state index in [1.807, 2.05) is 0 Å². The molecule has 1 unspecified atom stereocenters. The van der Waals surface area contributed by atoms with Crippen LogP contribution in [0.15, 0.2) is 18.2 Å². The molecule has 0 fully saturated rings. The van der Waals surface area contributed by atoms with Gasteiger partial charge in [-0.1, -0.05) is 25.4 Å². The van der Waals surface area contributed by atoms with E-state index in [-0.39, 0.29) is 10.8 Å². The second-order valence-corrected chi connectivity index (χ2v) is 4.71. The van der Waals surface area contributed by atoms with Crippen LogP contribution < -0.4 is 5.32 Å². The SMILES string of the molecule is CC(C)CC(C)Nc1ccc(Cl)c(F)c1. The van der Waals surface area contributed by atoms with E-state index in [9.17, 15) is 4.39 Å². The van der Waals surface area contributed by atoms with E-state index in [0.717, 1.165) is 12.1 Å². The van der Waals surface area contributed by atoms with Crippen LogP contribution in [0.25, 0.3) is 0 Å². The molecule has 0 aromatic heterocycles. The molecule has 1 N–H and O–H groups in total. The summed E-state index contributed by atoms with van der Waals surface area (Å²) in [6.45, 7) is 6.42. The molecule has 0 aliphatic carbocycles. The minimum absolute atomic E-state index is 0.164. The Hall–Kier alpha value is -0.760. The average molecular weight is 230 g/mol. The third kappa shape index (κ3) is 4.08. The van der Waals surface area contributed by atoms with Crippen molar-refractivity contribution in [1.29, 1.82) is 0 Å². The van der Waals surface area contributed by atoms with Gasteiger partial charge in [0.2, 0.25) is 0 Å². The summed E-state index contributed by atoms with van der Waals surface area (Å²) in [6.07, 6.45) is 1.06. The van der Waals surface area contributed by atoms with Gasteiger partial charge in [0.1, 0.15) is 5.82 Å². The smallest absolute Gasteiger partial charge is 0.143 e. The Morgan fingerprint density at radius 1 is 1.33 bits per heavy atom. The molecule has 0 bridgehead atoms. The molecule has 0 aliphatic rings. The number of rotatable bonds is 4. The average Bonchev–Trinajstić information content (AvgIpc) is 2.10. The summed E-state index contributed by atoms with van der Waals surface area (Å²) >= 11 is 5.60. The molecule has 84 valence electrons. The van der Waals surface area contributed by atoms with Crippen LogP contribution in [0, 0.1) is 11.7 Å². The minimum atomic E-state index is -0.376. The van der Waals surface area contributed by atoms with E-state index in [1.54, 1.807) is 12.1 Å². The van der Waals surface area contributed by atoms with E-state index < -0.39 is 0 Å². The molecular formula is C12H17ClFN. The van der Waals surface area contributed by atoms with Gasteiger partial charge in [-0.3, -0.25) is 0 Å². The molecular weight excluding hydrogens is 213 g/mol. The van der Waals surface area contributed by atoms with Gasteiger partial charge in [0.25, 0.3) is 0 Å². The Kier molecular flexibility index (Phi) is 4.40. The van der Waals surface area contributed by atoms with Gasteiger partial charge < -0.3 is 5.32 Å². The van der Waals surface area contributed by atoms with Gasteiger partial charge in [-0.15, -0.1) is 0 Å². The Balaban J connectivity index is 2.60. The number of anilines is 1. The normalized spacial score (nSPS) is 12.9. The third-order valence-corrected chi connectivity index (χ3v) is 2.46. The first-order chi connectivity index (χ1) is 6.99. The zero-order valence-electron chi connectivity index (χ0n) is 9.35. The highest BCUT2D eigenvalue weighted by molar-refractivity contribution is 6.30. The van der Waals surface area contributed by atoms with Crippen LogP contribution in [0.4, 0.5) is 10.1 Å². The van der Waals surface area contributed by atoms with Crippen LogP contribution in [-0.4, -0.2) is 6.04 Å². The Labute approximate surface area is 95.6 Å². The predicted molar refractivity (Wildman–Crippen MR) is 63.9 cm³/mol. The predicted octanol–water partition coefficient (Wildman–Crippen LogP) is 4.33. The molecule has 0 heterocycles. The molecule has 3 heteroatoms. The van der Waals surface area contributed by atoms with Crippen LogP contribution >= 0.6 is 11.6 Å². The molecule has 1 rings (SSSR count). The zero-order valence-corrected chi connectivity index (χ0v) is 10.1. The van der Waals surface area contributed by atoms with Gasteiger partial charge in [-0.25, -0.2) is 4.39 Å². The highest BCUT2D eigenvalue weighted by Crippen LogP contribution is 2.20. The van der Waals surface area contributed by atoms with Crippen LogP contribution in [0.3, 0.4) is 0 Å². The Bertz CT molecular complexity index is 325. The van der Waals surface area contributed by atoms with E-state index >= 15 is 0 Å². The maximum Gasteiger partial charge on any atom is 0.143 e. The van der Waals surface area contributed by atoms with E-state index in [4.69, 9.17) is 11.6 Å². The molecule has 0 radical (unpaired) electrons. The lowest BCUT2D eigenvalue weighted by molar-refractivity contribution is 0.539. The van der Waals surface area contributed by atoms with Crippen molar-refractivity contribution in [3.8, 4) is 0 Å². The highest BCUT2D eigenvalue weighted by Gasteiger charge is 2.06. The topological polar surface area (TPSA) is 12.0 Å². The van der Waals surface area contributed by atoms with Crippen LogP contribution in [0.5, 0.6) is 0 Å². The minimum Gasteiger partial charge on any atom is -0.382 e. The number of nitrogens with one attached hydrogen (secondary N) is 1. The molecule has 0 amide bonds. The van der Waals surface area contributed by atoms with E-state index in [1.165, 1.54) is 6.07 Å². The summed E-state index contributed by atoms with van der Waals surface area (Å²) in [5.41, 5.74) is 0.782. The highest BCUT2D eigenvalue weighted by atomic mass is 35.5.